The third-order valence-electron chi connectivity index (χ3n) is 3.18. The van der Waals surface area contributed by atoms with Crippen LogP contribution in [0.15, 0.2) is 42.0 Å². The summed E-state index contributed by atoms with van der Waals surface area (Å²) in [7, 11) is 0. The number of aromatic nitrogens is 2. The van der Waals surface area contributed by atoms with E-state index in [1.165, 1.54) is 17.4 Å². The highest BCUT2D eigenvalue weighted by molar-refractivity contribution is 7.13. The Labute approximate surface area is 157 Å². The van der Waals surface area contributed by atoms with Gasteiger partial charge in [0.05, 0.1) is 32.9 Å². The molecular weight excluding hydrogens is 389 g/mol. The van der Waals surface area contributed by atoms with Gasteiger partial charge in [-0.15, -0.1) is 11.3 Å². The van der Waals surface area contributed by atoms with Crippen LogP contribution in [0.5, 0.6) is 0 Å². The van der Waals surface area contributed by atoms with E-state index >= 15 is 0 Å². The number of halogens is 3. The normalized spacial score (nSPS) is 10.6. The molecular formula is C16H10Cl3N3OS. The standard InChI is InChI=1S/C16H10Cl3N3OS/c17-11-1-2-12(18)14(19)13(11)15(23)21-7-10-8-24-16(22-10)9-3-5-20-6-4-9/h1-6,8H,7H2,(H,21,23). The Morgan fingerprint density at radius 3 is 2.54 bits per heavy atom. The van der Waals surface area contributed by atoms with Crippen molar-refractivity contribution in [3.63, 3.8) is 0 Å². The topological polar surface area (TPSA) is 54.9 Å². The lowest BCUT2D eigenvalue weighted by Crippen LogP contribution is -2.23. The van der Waals surface area contributed by atoms with Crippen LogP contribution in [-0.4, -0.2) is 15.9 Å². The zero-order valence-corrected chi connectivity index (χ0v) is 15.2. The van der Waals surface area contributed by atoms with Crippen LogP contribution in [0.1, 0.15) is 16.1 Å². The van der Waals surface area contributed by atoms with Crippen LogP contribution in [0.25, 0.3) is 10.6 Å². The Morgan fingerprint density at radius 2 is 1.79 bits per heavy atom. The fraction of sp³-hybridized carbons (Fsp3) is 0.0625. The summed E-state index contributed by atoms with van der Waals surface area (Å²) in [6, 6.07) is 6.85. The molecule has 0 unspecified atom stereocenters. The van der Waals surface area contributed by atoms with Gasteiger partial charge >= 0.3 is 0 Å². The highest BCUT2D eigenvalue weighted by atomic mass is 35.5. The summed E-state index contributed by atoms with van der Waals surface area (Å²) in [6.45, 7) is 0.263. The van der Waals surface area contributed by atoms with E-state index in [0.29, 0.717) is 0 Å². The molecule has 3 rings (SSSR count). The van der Waals surface area contributed by atoms with Gasteiger partial charge in [-0.05, 0) is 24.3 Å². The number of nitrogens with one attached hydrogen (secondary N) is 1. The molecule has 1 N–H and O–H groups in total. The number of benzene rings is 1. The molecule has 122 valence electrons. The number of carbonyl (C=O) groups excluding carboxylic acids is 1. The summed E-state index contributed by atoms with van der Waals surface area (Å²) in [4.78, 5) is 20.8. The van der Waals surface area contributed by atoms with Crippen molar-refractivity contribution < 1.29 is 4.79 Å². The molecule has 0 fully saturated rings. The van der Waals surface area contributed by atoms with Crippen LogP contribution in [0.2, 0.25) is 15.1 Å². The highest BCUT2D eigenvalue weighted by Crippen LogP contribution is 2.31. The van der Waals surface area contributed by atoms with Crippen LogP contribution in [0, 0.1) is 0 Å². The van der Waals surface area contributed by atoms with E-state index < -0.39 is 5.91 Å². The van der Waals surface area contributed by atoms with Crippen LogP contribution in [0.3, 0.4) is 0 Å². The monoisotopic (exact) mass is 397 g/mol. The quantitative estimate of drug-likeness (QED) is 0.622. The van der Waals surface area contributed by atoms with Gasteiger partial charge in [0.25, 0.3) is 5.91 Å². The van der Waals surface area contributed by atoms with Crippen molar-refractivity contribution in [2.75, 3.05) is 0 Å². The molecule has 0 atom stereocenters. The first kappa shape index (κ1) is 17.2. The minimum Gasteiger partial charge on any atom is -0.346 e. The lowest BCUT2D eigenvalue weighted by molar-refractivity contribution is 0.0951. The maximum atomic E-state index is 12.3. The molecule has 8 heteroatoms. The van der Waals surface area contributed by atoms with Crippen molar-refractivity contribution >= 4 is 52.0 Å². The summed E-state index contributed by atoms with van der Waals surface area (Å²) < 4.78 is 0. The SMILES string of the molecule is O=C(NCc1csc(-c2ccncc2)n1)c1c(Cl)ccc(Cl)c1Cl. The molecule has 4 nitrogen and oxygen atoms in total. The number of thiazole rings is 1. The largest absolute Gasteiger partial charge is 0.346 e. The van der Waals surface area contributed by atoms with E-state index in [0.717, 1.165) is 16.3 Å². The predicted molar refractivity (Wildman–Crippen MR) is 98.0 cm³/mol. The van der Waals surface area contributed by atoms with Crippen LogP contribution < -0.4 is 5.32 Å². The minimum absolute atomic E-state index is 0.136. The van der Waals surface area contributed by atoms with E-state index in [9.17, 15) is 4.79 Å². The van der Waals surface area contributed by atoms with Crippen molar-refractivity contribution in [3.05, 3.63) is 68.4 Å². The van der Waals surface area contributed by atoms with E-state index in [2.05, 4.69) is 15.3 Å². The van der Waals surface area contributed by atoms with Crippen molar-refractivity contribution in [3.8, 4) is 10.6 Å². The number of carbonyl (C=O) groups is 1. The fourth-order valence-corrected chi connectivity index (χ4v) is 3.54. The predicted octanol–water partition coefficient (Wildman–Crippen LogP) is 5.10. The molecule has 1 amide bonds. The number of nitrogens with zero attached hydrogens (tertiary/aromatic N) is 2. The maximum absolute atomic E-state index is 12.3. The molecule has 24 heavy (non-hydrogen) atoms. The van der Waals surface area contributed by atoms with Crippen LogP contribution in [0.4, 0.5) is 0 Å². The molecule has 0 spiro atoms. The average molecular weight is 399 g/mol. The molecule has 2 aromatic heterocycles. The lowest BCUT2D eigenvalue weighted by atomic mass is 10.2. The van der Waals surface area contributed by atoms with Gasteiger partial charge in [0.1, 0.15) is 5.01 Å². The molecule has 0 radical (unpaired) electrons. The van der Waals surface area contributed by atoms with Gasteiger partial charge < -0.3 is 5.32 Å². The Kier molecular flexibility index (Phi) is 5.36. The number of pyridine rings is 1. The summed E-state index contributed by atoms with van der Waals surface area (Å²) in [5, 5.41) is 6.16. The molecule has 2 heterocycles. The van der Waals surface area contributed by atoms with E-state index in [1.807, 2.05) is 17.5 Å². The van der Waals surface area contributed by atoms with Gasteiger partial charge in [-0.25, -0.2) is 4.98 Å². The first-order chi connectivity index (χ1) is 11.6. The Hall–Kier alpha value is -1.66. The smallest absolute Gasteiger partial charge is 0.254 e. The lowest BCUT2D eigenvalue weighted by Gasteiger charge is -2.08. The second-order valence-corrected chi connectivity index (χ2v) is 6.83. The van der Waals surface area contributed by atoms with Gasteiger partial charge in [0.15, 0.2) is 0 Å². The molecule has 0 saturated carbocycles. The highest BCUT2D eigenvalue weighted by Gasteiger charge is 2.17. The van der Waals surface area contributed by atoms with Crippen molar-refractivity contribution in [2.24, 2.45) is 0 Å². The van der Waals surface area contributed by atoms with Crippen molar-refractivity contribution in [2.45, 2.75) is 6.54 Å². The van der Waals surface area contributed by atoms with Crippen molar-refractivity contribution in [1.82, 2.24) is 15.3 Å². The molecule has 0 aliphatic rings. The summed E-state index contributed by atoms with van der Waals surface area (Å²) >= 11 is 19.5. The number of amides is 1. The van der Waals surface area contributed by atoms with Gasteiger partial charge in [-0.2, -0.15) is 0 Å². The van der Waals surface area contributed by atoms with Gasteiger partial charge in [0, 0.05) is 23.3 Å². The number of rotatable bonds is 4. The third-order valence-corrected chi connectivity index (χ3v) is 5.24. The first-order valence-electron chi connectivity index (χ1n) is 6.82. The zero-order valence-electron chi connectivity index (χ0n) is 12.1. The van der Waals surface area contributed by atoms with Gasteiger partial charge in [-0.1, -0.05) is 34.8 Å². The zero-order chi connectivity index (χ0) is 17.1. The van der Waals surface area contributed by atoms with E-state index in [1.54, 1.807) is 18.5 Å². The van der Waals surface area contributed by atoms with Crippen LogP contribution >= 0.6 is 46.1 Å². The maximum Gasteiger partial charge on any atom is 0.254 e. The van der Waals surface area contributed by atoms with Crippen LogP contribution in [-0.2, 0) is 6.54 Å². The Morgan fingerprint density at radius 1 is 1.08 bits per heavy atom. The Bertz CT molecular complexity index is 884. The summed E-state index contributed by atoms with van der Waals surface area (Å²) in [6.07, 6.45) is 3.42. The second kappa shape index (κ2) is 7.49. The average Bonchev–Trinajstić information content (AvgIpc) is 3.06. The number of hydrogen-bond donors (Lipinski definition) is 1. The summed E-state index contributed by atoms with van der Waals surface area (Å²) in [5.74, 6) is -0.397. The molecule has 3 aromatic rings. The number of hydrogen-bond acceptors (Lipinski definition) is 4. The molecule has 0 aliphatic heterocycles. The third kappa shape index (κ3) is 3.70. The first-order valence-corrected chi connectivity index (χ1v) is 8.84. The molecule has 0 aliphatic carbocycles. The molecule has 0 bridgehead atoms. The van der Waals surface area contributed by atoms with E-state index in [4.69, 9.17) is 34.8 Å². The summed E-state index contributed by atoms with van der Waals surface area (Å²) in [5.41, 5.74) is 1.89. The van der Waals surface area contributed by atoms with Gasteiger partial charge in [0.2, 0.25) is 0 Å². The molecule has 0 saturated heterocycles. The van der Waals surface area contributed by atoms with E-state index in [-0.39, 0.29) is 27.2 Å². The Balaban J connectivity index is 1.72. The molecule has 1 aromatic carbocycles. The fourth-order valence-electron chi connectivity index (χ4n) is 2.01. The van der Waals surface area contributed by atoms with Crippen molar-refractivity contribution in [1.29, 1.82) is 0 Å². The second-order valence-electron chi connectivity index (χ2n) is 4.78. The minimum atomic E-state index is -0.397. The van der Waals surface area contributed by atoms with Gasteiger partial charge in [-0.3, -0.25) is 9.78 Å².